The lowest BCUT2D eigenvalue weighted by atomic mass is 10.1. The van der Waals surface area contributed by atoms with Gasteiger partial charge in [-0.1, -0.05) is 18.2 Å². The van der Waals surface area contributed by atoms with Crippen molar-refractivity contribution in [2.24, 2.45) is 0 Å². The van der Waals surface area contributed by atoms with E-state index >= 15 is 0 Å². The van der Waals surface area contributed by atoms with Crippen molar-refractivity contribution >= 4 is 0 Å². The minimum absolute atomic E-state index is 0.186. The predicted octanol–water partition coefficient (Wildman–Crippen LogP) is 3.51. The Bertz CT molecular complexity index is 783. The van der Waals surface area contributed by atoms with E-state index < -0.39 is 6.10 Å². The molecule has 1 unspecified atom stereocenters. The van der Waals surface area contributed by atoms with Crippen LogP contribution >= 0.6 is 0 Å². The lowest BCUT2D eigenvalue weighted by Crippen LogP contribution is -2.36. The number of halogens is 1. The first-order valence-electron chi connectivity index (χ1n) is 9.94. The van der Waals surface area contributed by atoms with Crippen LogP contribution < -0.4 is 14.8 Å². The molecule has 0 bridgehead atoms. The highest BCUT2D eigenvalue weighted by molar-refractivity contribution is 5.43. The first-order valence-corrected chi connectivity index (χ1v) is 9.94. The van der Waals surface area contributed by atoms with Crippen LogP contribution in [0.25, 0.3) is 0 Å². The third-order valence-corrected chi connectivity index (χ3v) is 4.93. The Morgan fingerprint density at radius 2 is 1.72 bits per heavy atom. The molecule has 2 aromatic carbocycles. The summed E-state index contributed by atoms with van der Waals surface area (Å²) >= 11 is 0. The van der Waals surface area contributed by atoms with Gasteiger partial charge in [-0.3, -0.25) is 0 Å². The summed E-state index contributed by atoms with van der Waals surface area (Å²) in [6, 6.07) is 11.3. The van der Waals surface area contributed by atoms with Crippen LogP contribution in [0.5, 0.6) is 11.5 Å². The maximum absolute atomic E-state index is 13.6. The first kappa shape index (κ1) is 23.1. The highest BCUT2D eigenvalue weighted by Crippen LogP contribution is 2.28. The second kappa shape index (κ2) is 11.1. The number of likely N-dealkylation sites (N-methyl/N-ethyl adjacent to an activating group) is 1. The lowest BCUT2D eigenvalue weighted by Gasteiger charge is -2.24. The minimum atomic E-state index is -0.580. The third kappa shape index (κ3) is 7.31. The number of hydrogen-bond acceptors (Lipinski definition) is 5. The van der Waals surface area contributed by atoms with Gasteiger partial charge in [0.1, 0.15) is 18.5 Å². The van der Waals surface area contributed by atoms with Crippen molar-refractivity contribution < 1.29 is 19.0 Å². The Morgan fingerprint density at radius 1 is 1.07 bits per heavy atom. The third-order valence-electron chi connectivity index (χ3n) is 4.93. The van der Waals surface area contributed by atoms with Gasteiger partial charge in [-0.15, -0.1) is 0 Å². The zero-order valence-electron chi connectivity index (χ0n) is 18.0. The summed E-state index contributed by atoms with van der Waals surface area (Å²) in [4.78, 5) is 2.07. The van der Waals surface area contributed by atoms with Gasteiger partial charge in [-0.25, -0.2) is 4.39 Å². The number of methoxy groups -OCH3 is 1. The number of aliphatic hydroxyl groups is 1. The number of rotatable bonds is 11. The molecule has 29 heavy (non-hydrogen) atoms. The second-order valence-corrected chi connectivity index (χ2v) is 7.67. The van der Waals surface area contributed by atoms with Crippen LogP contribution in [0.4, 0.5) is 4.39 Å². The van der Waals surface area contributed by atoms with E-state index in [0.717, 1.165) is 11.1 Å². The zero-order chi connectivity index (χ0) is 21.4. The first-order chi connectivity index (χ1) is 13.8. The molecular formula is C23H33FN2O3. The zero-order valence-corrected chi connectivity index (χ0v) is 18.0. The van der Waals surface area contributed by atoms with Crippen molar-refractivity contribution in [2.45, 2.75) is 46.0 Å². The van der Waals surface area contributed by atoms with Crippen molar-refractivity contribution in [1.29, 1.82) is 0 Å². The Kier molecular flexibility index (Phi) is 8.89. The molecule has 0 spiro atoms. The Hall–Kier alpha value is -2.15. The number of nitrogens with zero attached hydrogens (tertiary/aromatic N) is 1. The van der Waals surface area contributed by atoms with Crippen molar-refractivity contribution in [1.82, 2.24) is 10.2 Å². The highest BCUT2D eigenvalue weighted by Gasteiger charge is 2.13. The lowest BCUT2D eigenvalue weighted by molar-refractivity contribution is 0.0668. The molecule has 0 saturated carbocycles. The summed E-state index contributed by atoms with van der Waals surface area (Å²) in [6.07, 6.45) is -0.580. The van der Waals surface area contributed by atoms with Crippen molar-refractivity contribution in [3.05, 3.63) is 58.9 Å². The molecule has 2 aromatic rings. The van der Waals surface area contributed by atoms with Gasteiger partial charge in [-0.05, 0) is 62.7 Å². The molecule has 0 amide bonds. The average molecular weight is 405 g/mol. The van der Waals surface area contributed by atoms with Crippen molar-refractivity contribution in [3.8, 4) is 11.5 Å². The van der Waals surface area contributed by atoms with Gasteiger partial charge in [-0.2, -0.15) is 0 Å². The van der Waals surface area contributed by atoms with E-state index in [-0.39, 0.29) is 12.4 Å². The van der Waals surface area contributed by atoms with Crippen LogP contribution in [0, 0.1) is 12.7 Å². The van der Waals surface area contributed by atoms with Crippen molar-refractivity contribution in [2.75, 3.05) is 27.3 Å². The van der Waals surface area contributed by atoms with E-state index in [4.69, 9.17) is 9.47 Å². The fraction of sp³-hybridized carbons (Fsp3) is 0.478. The minimum Gasteiger partial charge on any atom is -0.493 e. The Labute approximate surface area is 173 Å². The van der Waals surface area contributed by atoms with Gasteiger partial charge in [0.25, 0.3) is 0 Å². The van der Waals surface area contributed by atoms with Gasteiger partial charge in [0.15, 0.2) is 11.5 Å². The predicted molar refractivity (Wildman–Crippen MR) is 114 cm³/mol. The van der Waals surface area contributed by atoms with Crippen LogP contribution in [-0.2, 0) is 13.1 Å². The van der Waals surface area contributed by atoms with E-state index in [2.05, 4.69) is 24.1 Å². The molecule has 1 atom stereocenters. The largest absolute Gasteiger partial charge is 0.493 e. The van der Waals surface area contributed by atoms with Crippen LogP contribution in [0.2, 0.25) is 0 Å². The molecular weight excluding hydrogens is 371 g/mol. The SMILES string of the molecule is COc1cc(CNCc2ccc(C)c(F)c2)ccc1OCC(O)CN(C)C(C)C. The number of hydrogen-bond donors (Lipinski definition) is 2. The van der Waals surface area contributed by atoms with Crippen LogP contribution in [0.1, 0.15) is 30.5 Å². The molecule has 2 rings (SSSR count). The Morgan fingerprint density at radius 3 is 2.34 bits per heavy atom. The van der Waals surface area contributed by atoms with Gasteiger partial charge in [0.05, 0.1) is 7.11 Å². The van der Waals surface area contributed by atoms with E-state index in [1.54, 1.807) is 26.2 Å². The quantitative estimate of drug-likeness (QED) is 0.600. The standard InChI is InChI=1S/C23H33FN2O3/c1-16(2)26(4)14-20(27)15-29-22-9-8-19(11-23(22)28-5)13-25-12-18-7-6-17(3)21(24)10-18/h6-11,16,20,25,27H,12-15H2,1-5H3. The highest BCUT2D eigenvalue weighted by atomic mass is 19.1. The molecule has 0 aliphatic heterocycles. The topological polar surface area (TPSA) is 54.0 Å². The molecule has 5 nitrogen and oxygen atoms in total. The number of benzene rings is 2. The molecule has 6 heteroatoms. The van der Waals surface area contributed by atoms with Gasteiger partial charge in [0, 0.05) is 25.7 Å². The number of aliphatic hydroxyl groups excluding tert-OH is 1. The molecule has 0 heterocycles. The van der Waals surface area contributed by atoms with Gasteiger partial charge < -0.3 is 24.8 Å². The molecule has 0 saturated heterocycles. The maximum atomic E-state index is 13.6. The smallest absolute Gasteiger partial charge is 0.161 e. The fourth-order valence-corrected chi connectivity index (χ4v) is 2.82. The van der Waals surface area contributed by atoms with Crippen LogP contribution in [0.3, 0.4) is 0 Å². The van der Waals surface area contributed by atoms with Crippen molar-refractivity contribution in [3.63, 3.8) is 0 Å². The summed E-state index contributed by atoms with van der Waals surface area (Å²) in [5.74, 6) is 1.03. The molecule has 160 valence electrons. The summed E-state index contributed by atoms with van der Waals surface area (Å²) in [7, 11) is 3.57. The van der Waals surface area contributed by atoms with Gasteiger partial charge >= 0.3 is 0 Å². The Balaban J connectivity index is 1.88. The number of aryl methyl sites for hydroxylation is 1. The fourth-order valence-electron chi connectivity index (χ4n) is 2.82. The monoisotopic (exact) mass is 404 g/mol. The van der Waals surface area contributed by atoms with E-state index in [1.807, 2.05) is 31.3 Å². The molecule has 0 aromatic heterocycles. The second-order valence-electron chi connectivity index (χ2n) is 7.67. The van der Waals surface area contributed by atoms with Crippen LogP contribution in [-0.4, -0.2) is 49.5 Å². The number of ether oxygens (including phenoxy) is 2. The van der Waals surface area contributed by atoms with E-state index in [0.29, 0.717) is 42.7 Å². The summed E-state index contributed by atoms with van der Waals surface area (Å²) in [5, 5.41) is 13.5. The normalized spacial score (nSPS) is 12.4. The molecule has 2 N–H and O–H groups in total. The number of nitrogens with one attached hydrogen (secondary N) is 1. The molecule has 0 fully saturated rings. The average Bonchev–Trinajstić information content (AvgIpc) is 2.69. The molecule has 0 radical (unpaired) electrons. The van der Waals surface area contributed by atoms with E-state index in [9.17, 15) is 9.50 Å². The summed E-state index contributed by atoms with van der Waals surface area (Å²) in [5.41, 5.74) is 2.58. The van der Waals surface area contributed by atoms with Crippen LogP contribution in [0.15, 0.2) is 36.4 Å². The summed E-state index contributed by atoms with van der Waals surface area (Å²) < 4.78 is 24.8. The molecule has 0 aliphatic rings. The summed E-state index contributed by atoms with van der Waals surface area (Å²) in [6.45, 7) is 7.86. The van der Waals surface area contributed by atoms with E-state index in [1.165, 1.54) is 0 Å². The maximum Gasteiger partial charge on any atom is 0.161 e. The van der Waals surface area contributed by atoms with Gasteiger partial charge in [0.2, 0.25) is 0 Å². The molecule has 0 aliphatic carbocycles.